The smallest absolute Gasteiger partial charge is 0.257 e. The van der Waals surface area contributed by atoms with Crippen molar-refractivity contribution in [3.8, 4) is 0 Å². The molecule has 4 nitrogen and oxygen atoms in total. The molecule has 0 aliphatic heterocycles. The molecule has 1 aliphatic rings. The van der Waals surface area contributed by atoms with Gasteiger partial charge < -0.3 is 29.3 Å². The third-order valence-corrected chi connectivity index (χ3v) is 5.29. The Hall–Kier alpha value is -1.50. The number of aryl methyl sites for hydroxylation is 1. The molecule has 0 bridgehead atoms. The molecule has 1 amide bonds. The van der Waals surface area contributed by atoms with Crippen molar-refractivity contribution >= 4 is 22.6 Å². The highest BCUT2D eigenvalue weighted by atomic mass is 127. The topological polar surface area (TPSA) is 50.1 Å². The van der Waals surface area contributed by atoms with Crippen molar-refractivity contribution in [2.24, 2.45) is 13.0 Å². The summed E-state index contributed by atoms with van der Waals surface area (Å²) in [5.41, 5.74) is 1.67. The maximum Gasteiger partial charge on any atom is 0.257 e. The van der Waals surface area contributed by atoms with E-state index in [2.05, 4.69) is 5.32 Å². The molecule has 1 aromatic carbocycles. The van der Waals surface area contributed by atoms with E-state index in [1.54, 1.807) is 0 Å². The summed E-state index contributed by atoms with van der Waals surface area (Å²) in [4.78, 5) is 25.5. The molecular formula is C21H27IN2O2. The van der Waals surface area contributed by atoms with Gasteiger partial charge in [-0.3, -0.25) is 9.59 Å². The van der Waals surface area contributed by atoms with Crippen LogP contribution in [0.15, 0.2) is 36.5 Å². The van der Waals surface area contributed by atoms with E-state index in [9.17, 15) is 9.59 Å². The molecule has 1 aromatic heterocycles. The number of ketones is 1. The Bertz CT molecular complexity index is 785. The zero-order valence-electron chi connectivity index (χ0n) is 15.5. The molecule has 1 aliphatic carbocycles. The van der Waals surface area contributed by atoms with Gasteiger partial charge in [-0.25, -0.2) is 4.57 Å². The molecule has 2 aromatic rings. The minimum Gasteiger partial charge on any atom is -1.00 e. The van der Waals surface area contributed by atoms with Crippen LogP contribution in [0.4, 0.5) is 0 Å². The van der Waals surface area contributed by atoms with E-state index in [4.69, 9.17) is 0 Å². The van der Waals surface area contributed by atoms with Crippen molar-refractivity contribution < 1.29 is 38.1 Å². The zero-order valence-corrected chi connectivity index (χ0v) is 17.7. The van der Waals surface area contributed by atoms with E-state index in [0.717, 1.165) is 36.6 Å². The second kappa shape index (κ2) is 9.44. The van der Waals surface area contributed by atoms with Crippen molar-refractivity contribution in [1.82, 2.24) is 5.32 Å². The number of halogens is 1. The molecule has 1 heterocycles. The van der Waals surface area contributed by atoms with E-state index in [1.807, 2.05) is 55.1 Å². The van der Waals surface area contributed by atoms with Crippen LogP contribution in [0.3, 0.4) is 0 Å². The standard InChI is InChI=1S/C21H26N2O2.HI/c1-3-18(20(24)15-9-5-4-6-10-15)22-21(25)17-13-16-11-7-8-12-19(16)23(2)14-17;/h7-8,11-15,18H,3-6,9-10H2,1-2H3;1H. The Morgan fingerprint density at radius 3 is 2.58 bits per heavy atom. The van der Waals surface area contributed by atoms with Crippen molar-refractivity contribution in [2.45, 2.75) is 51.5 Å². The van der Waals surface area contributed by atoms with Crippen LogP contribution in [0.5, 0.6) is 0 Å². The van der Waals surface area contributed by atoms with Crippen molar-refractivity contribution in [1.29, 1.82) is 0 Å². The molecule has 1 atom stereocenters. The fraction of sp³-hybridized carbons (Fsp3) is 0.476. The number of fused-ring (bicyclic) bond motifs is 1. The summed E-state index contributed by atoms with van der Waals surface area (Å²) in [5, 5.41) is 3.99. The highest BCUT2D eigenvalue weighted by Crippen LogP contribution is 2.26. The highest BCUT2D eigenvalue weighted by Gasteiger charge is 2.28. The number of rotatable bonds is 5. The number of Topliss-reactive ketones (excluding diaryl/α,β-unsaturated/α-hetero) is 1. The summed E-state index contributed by atoms with van der Waals surface area (Å²) in [7, 11) is 1.93. The van der Waals surface area contributed by atoms with Crippen LogP contribution in [0.25, 0.3) is 10.9 Å². The van der Waals surface area contributed by atoms with Crippen LogP contribution in [0.2, 0.25) is 0 Å². The minimum atomic E-state index is -0.382. The normalized spacial score (nSPS) is 15.9. The number of pyridine rings is 1. The number of nitrogens with one attached hydrogen (secondary N) is 1. The predicted molar refractivity (Wildman–Crippen MR) is 98.3 cm³/mol. The third kappa shape index (κ3) is 4.61. The average Bonchev–Trinajstić information content (AvgIpc) is 2.66. The van der Waals surface area contributed by atoms with Crippen LogP contribution in [0, 0.1) is 5.92 Å². The number of hydrogen-bond donors (Lipinski definition) is 1. The summed E-state index contributed by atoms with van der Waals surface area (Å²) < 4.78 is 1.95. The second-order valence-electron chi connectivity index (χ2n) is 7.07. The summed E-state index contributed by atoms with van der Waals surface area (Å²) in [6, 6.07) is 9.48. The van der Waals surface area contributed by atoms with E-state index < -0.39 is 0 Å². The van der Waals surface area contributed by atoms with Crippen LogP contribution in [0.1, 0.15) is 55.8 Å². The second-order valence-corrected chi connectivity index (χ2v) is 7.07. The summed E-state index contributed by atoms with van der Waals surface area (Å²) >= 11 is 0. The largest absolute Gasteiger partial charge is 1.00 e. The van der Waals surface area contributed by atoms with E-state index in [0.29, 0.717) is 12.0 Å². The number of aromatic nitrogens is 1. The molecule has 0 saturated heterocycles. The Balaban J connectivity index is 0.00000243. The van der Waals surface area contributed by atoms with Crippen LogP contribution in [-0.4, -0.2) is 17.7 Å². The van der Waals surface area contributed by atoms with E-state index >= 15 is 0 Å². The quantitative estimate of drug-likeness (QED) is 0.510. The van der Waals surface area contributed by atoms with Gasteiger partial charge in [0.2, 0.25) is 5.52 Å². The molecule has 0 spiro atoms. The lowest BCUT2D eigenvalue weighted by atomic mass is 9.83. The maximum atomic E-state index is 12.8. The van der Waals surface area contributed by atoms with Gasteiger partial charge in [0.05, 0.1) is 6.04 Å². The molecule has 1 N–H and O–H groups in total. The first kappa shape index (κ1) is 20.8. The minimum absolute atomic E-state index is 0. The number of amides is 1. The Kier molecular flexibility index (Phi) is 7.55. The van der Waals surface area contributed by atoms with Gasteiger partial charge in [0.1, 0.15) is 12.6 Å². The molecule has 1 saturated carbocycles. The number of carbonyl (C=O) groups is 2. The number of benzene rings is 1. The van der Waals surface area contributed by atoms with Gasteiger partial charge in [-0.2, -0.15) is 0 Å². The number of para-hydroxylation sites is 1. The van der Waals surface area contributed by atoms with Gasteiger partial charge in [0.25, 0.3) is 5.91 Å². The lowest BCUT2D eigenvalue weighted by Crippen LogP contribution is -3.00. The molecule has 3 rings (SSSR count). The molecule has 140 valence electrons. The first-order valence-electron chi connectivity index (χ1n) is 9.33. The van der Waals surface area contributed by atoms with Gasteiger partial charge in [-0.1, -0.05) is 38.3 Å². The lowest BCUT2D eigenvalue weighted by molar-refractivity contribution is -0.645. The van der Waals surface area contributed by atoms with Gasteiger partial charge >= 0.3 is 0 Å². The first-order valence-corrected chi connectivity index (χ1v) is 9.33. The molecule has 1 unspecified atom stereocenters. The van der Waals surface area contributed by atoms with Gasteiger partial charge in [-0.15, -0.1) is 0 Å². The van der Waals surface area contributed by atoms with Crippen molar-refractivity contribution in [3.63, 3.8) is 0 Å². The number of hydrogen-bond acceptors (Lipinski definition) is 2. The van der Waals surface area contributed by atoms with E-state index in [1.165, 1.54) is 6.42 Å². The van der Waals surface area contributed by atoms with Gasteiger partial charge in [0, 0.05) is 17.4 Å². The van der Waals surface area contributed by atoms with Gasteiger partial charge in [0.15, 0.2) is 12.0 Å². The number of nitrogens with zero attached hydrogens (tertiary/aromatic N) is 1. The summed E-state index contributed by atoms with van der Waals surface area (Å²) in [5.74, 6) is 0.157. The Labute approximate surface area is 172 Å². The molecule has 5 heteroatoms. The van der Waals surface area contributed by atoms with Crippen molar-refractivity contribution in [3.05, 3.63) is 42.1 Å². The molecule has 0 radical (unpaired) electrons. The molecule has 26 heavy (non-hydrogen) atoms. The van der Waals surface area contributed by atoms with Crippen LogP contribution >= 0.6 is 0 Å². The SMILES string of the molecule is CCC(NC(=O)c1cc2ccccc2[n+](C)c1)C(=O)C1CCCCC1.[I-]. The predicted octanol–water partition coefficient (Wildman–Crippen LogP) is 0.326. The molecular weight excluding hydrogens is 439 g/mol. The lowest BCUT2D eigenvalue weighted by Gasteiger charge is -2.25. The van der Waals surface area contributed by atoms with Crippen LogP contribution in [-0.2, 0) is 11.8 Å². The summed E-state index contributed by atoms with van der Waals surface area (Å²) in [6.45, 7) is 1.96. The monoisotopic (exact) mass is 466 g/mol. The first-order chi connectivity index (χ1) is 12.1. The van der Waals surface area contributed by atoms with Gasteiger partial charge in [-0.05, 0) is 31.4 Å². The Morgan fingerprint density at radius 2 is 1.88 bits per heavy atom. The average molecular weight is 466 g/mol. The fourth-order valence-corrected chi connectivity index (χ4v) is 3.83. The third-order valence-electron chi connectivity index (χ3n) is 5.29. The Morgan fingerprint density at radius 1 is 1.19 bits per heavy atom. The fourth-order valence-electron chi connectivity index (χ4n) is 3.83. The number of carbonyl (C=O) groups excluding carboxylic acids is 2. The zero-order chi connectivity index (χ0) is 17.8. The van der Waals surface area contributed by atoms with Crippen LogP contribution < -0.4 is 33.9 Å². The maximum absolute atomic E-state index is 12.8. The van der Waals surface area contributed by atoms with E-state index in [-0.39, 0.29) is 47.6 Å². The molecule has 1 fully saturated rings. The van der Waals surface area contributed by atoms with Crippen molar-refractivity contribution in [2.75, 3.05) is 0 Å². The highest BCUT2D eigenvalue weighted by molar-refractivity contribution is 5.99. The summed E-state index contributed by atoms with van der Waals surface area (Å²) in [6.07, 6.45) is 7.88.